The highest BCUT2D eigenvalue weighted by Crippen LogP contribution is 2.31. The lowest BCUT2D eigenvalue weighted by atomic mass is 10.1. The van der Waals surface area contributed by atoms with Crippen LogP contribution in [0.1, 0.15) is 36.1 Å². The van der Waals surface area contributed by atoms with Crippen molar-refractivity contribution < 1.29 is 9.59 Å². The van der Waals surface area contributed by atoms with E-state index in [2.05, 4.69) is 10.4 Å². The van der Waals surface area contributed by atoms with Gasteiger partial charge in [-0.3, -0.25) is 14.3 Å². The van der Waals surface area contributed by atoms with Crippen molar-refractivity contribution in [2.24, 2.45) is 7.05 Å². The number of hydrogen-bond donors (Lipinski definition) is 1. The summed E-state index contributed by atoms with van der Waals surface area (Å²) in [4.78, 5) is 28.8. The van der Waals surface area contributed by atoms with Crippen LogP contribution in [0.5, 0.6) is 0 Å². The molecule has 1 N–H and O–H groups in total. The lowest BCUT2D eigenvalue weighted by molar-refractivity contribution is -0.125. The van der Waals surface area contributed by atoms with E-state index in [4.69, 9.17) is 0 Å². The molecule has 24 heavy (non-hydrogen) atoms. The van der Waals surface area contributed by atoms with Crippen LogP contribution in [0, 0.1) is 6.92 Å². The zero-order valence-corrected chi connectivity index (χ0v) is 16.2. The minimum atomic E-state index is -0.411. The summed E-state index contributed by atoms with van der Waals surface area (Å²) < 4.78 is 1.80. The summed E-state index contributed by atoms with van der Waals surface area (Å²) >= 11 is 3.05. The van der Waals surface area contributed by atoms with E-state index in [0.717, 1.165) is 15.9 Å². The first-order chi connectivity index (χ1) is 11.2. The number of fused-ring (bicyclic) bond motifs is 1. The summed E-state index contributed by atoms with van der Waals surface area (Å²) in [6, 6.07) is 1.48. The molecule has 6 nitrogen and oxygen atoms in total. The van der Waals surface area contributed by atoms with Crippen molar-refractivity contribution >= 4 is 45.1 Å². The molecule has 2 aromatic rings. The van der Waals surface area contributed by atoms with E-state index in [-0.39, 0.29) is 17.4 Å². The van der Waals surface area contributed by atoms with Gasteiger partial charge in [-0.05, 0) is 33.8 Å². The number of nitrogens with one attached hydrogen (secondary N) is 1. The highest BCUT2D eigenvalue weighted by Gasteiger charge is 2.37. The third kappa shape index (κ3) is 3.17. The van der Waals surface area contributed by atoms with Gasteiger partial charge in [-0.25, -0.2) is 0 Å². The van der Waals surface area contributed by atoms with Crippen molar-refractivity contribution in [3.63, 3.8) is 0 Å². The van der Waals surface area contributed by atoms with Gasteiger partial charge in [0, 0.05) is 23.7 Å². The maximum absolute atomic E-state index is 12.9. The van der Waals surface area contributed by atoms with Gasteiger partial charge < -0.3 is 10.2 Å². The Morgan fingerprint density at radius 2 is 2.08 bits per heavy atom. The molecule has 0 aromatic carbocycles. The first-order valence-corrected chi connectivity index (χ1v) is 9.78. The van der Waals surface area contributed by atoms with Crippen LogP contribution < -0.4 is 5.32 Å². The molecule has 8 heteroatoms. The van der Waals surface area contributed by atoms with Crippen molar-refractivity contribution in [3.8, 4) is 0 Å². The lowest BCUT2D eigenvalue weighted by Crippen LogP contribution is -2.52. The van der Waals surface area contributed by atoms with E-state index in [9.17, 15) is 9.59 Å². The number of thiophene rings is 1. The van der Waals surface area contributed by atoms with Crippen LogP contribution in [0.4, 0.5) is 0 Å². The Morgan fingerprint density at radius 3 is 2.71 bits per heavy atom. The highest BCUT2D eigenvalue weighted by atomic mass is 32.2. The van der Waals surface area contributed by atoms with E-state index in [1.807, 2.05) is 40.8 Å². The number of hydrogen-bond acceptors (Lipinski definition) is 5. The van der Waals surface area contributed by atoms with Crippen molar-refractivity contribution in [2.45, 2.75) is 39.3 Å². The fraction of sp³-hybridized carbons (Fsp3) is 0.562. The Morgan fingerprint density at radius 1 is 1.38 bits per heavy atom. The maximum atomic E-state index is 12.9. The Hall–Kier alpha value is -1.54. The SMILES string of the molecule is Cc1nn(C)c2sc(C(=O)N3CSCC3C(=O)NC(C)(C)C)cc12. The molecule has 0 radical (unpaired) electrons. The van der Waals surface area contributed by atoms with E-state index >= 15 is 0 Å². The third-order valence-electron chi connectivity index (χ3n) is 3.85. The molecule has 2 aromatic heterocycles. The molecule has 3 heterocycles. The molecule has 0 spiro atoms. The summed E-state index contributed by atoms with van der Waals surface area (Å²) in [6.07, 6.45) is 0. The molecular weight excluding hydrogens is 344 g/mol. The molecule has 2 amide bonds. The molecule has 1 aliphatic rings. The predicted molar refractivity (Wildman–Crippen MR) is 98.5 cm³/mol. The summed E-state index contributed by atoms with van der Waals surface area (Å²) in [5.41, 5.74) is 0.611. The van der Waals surface area contributed by atoms with Gasteiger partial charge in [-0.2, -0.15) is 5.10 Å². The minimum Gasteiger partial charge on any atom is -0.350 e. The number of aromatic nitrogens is 2. The van der Waals surface area contributed by atoms with E-state index < -0.39 is 6.04 Å². The predicted octanol–water partition coefficient (Wildman–Crippen LogP) is 2.37. The molecule has 0 aliphatic carbocycles. The van der Waals surface area contributed by atoms with Crippen LogP contribution in [0.15, 0.2) is 6.07 Å². The van der Waals surface area contributed by atoms with Crippen LogP contribution in [-0.4, -0.2) is 49.7 Å². The van der Waals surface area contributed by atoms with E-state index in [1.54, 1.807) is 21.3 Å². The normalized spacial score (nSPS) is 18.4. The Kier molecular flexibility index (Phi) is 4.37. The zero-order chi connectivity index (χ0) is 17.6. The van der Waals surface area contributed by atoms with Gasteiger partial charge in [0.15, 0.2) is 0 Å². The fourth-order valence-corrected chi connectivity index (χ4v) is 5.00. The van der Waals surface area contributed by atoms with Crippen LogP contribution in [0.2, 0.25) is 0 Å². The molecule has 0 bridgehead atoms. The molecule has 1 aliphatic heterocycles. The number of amides is 2. The maximum Gasteiger partial charge on any atom is 0.265 e. The number of rotatable bonds is 2. The summed E-state index contributed by atoms with van der Waals surface area (Å²) in [6.45, 7) is 7.78. The fourth-order valence-electron chi connectivity index (χ4n) is 2.77. The van der Waals surface area contributed by atoms with Gasteiger partial charge in [-0.15, -0.1) is 23.1 Å². The first-order valence-electron chi connectivity index (χ1n) is 7.81. The molecular formula is C16H22N4O2S2. The van der Waals surface area contributed by atoms with Crippen LogP contribution in [-0.2, 0) is 11.8 Å². The summed E-state index contributed by atoms with van der Waals surface area (Å²) in [5, 5.41) is 8.35. The summed E-state index contributed by atoms with van der Waals surface area (Å²) in [7, 11) is 1.88. The molecule has 1 saturated heterocycles. The van der Waals surface area contributed by atoms with E-state index in [1.165, 1.54) is 11.3 Å². The lowest BCUT2D eigenvalue weighted by Gasteiger charge is -2.27. The average Bonchev–Trinajstić information content (AvgIpc) is 3.15. The first kappa shape index (κ1) is 17.3. The Labute approximate surface area is 149 Å². The van der Waals surface area contributed by atoms with Crippen molar-refractivity contribution in [1.82, 2.24) is 20.0 Å². The second-order valence-electron chi connectivity index (χ2n) is 7.07. The topological polar surface area (TPSA) is 67.2 Å². The standard InChI is InChI=1S/C16H22N4O2S2/c1-9-10-6-12(24-15(10)19(5)18-9)14(22)20-8-23-7-11(20)13(21)17-16(2,3)4/h6,11H,7-8H2,1-5H3,(H,17,21). The minimum absolute atomic E-state index is 0.0744. The largest absolute Gasteiger partial charge is 0.350 e. The number of thioether (sulfide) groups is 1. The molecule has 1 atom stereocenters. The van der Waals surface area contributed by atoms with Gasteiger partial charge in [-0.1, -0.05) is 0 Å². The number of aryl methyl sites for hydroxylation is 2. The third-order valence-corrected chi connectivity index (χ3v) is 6.05. The Balaban J connectivity index is 1.84. The van der Waals surface area contributed by atoms with Crippen LogP contribution in [0.25, 0.3) is 10.2 Å². The second kappa shape index (κ2) is 6.07. The number of nitrogens with zero attached hydrogens (tertiary/aromatic N) is 3. The second-order valence-corrected chi connectivity index (χ2v) is 9.10. The van der Waals surface area contributed by atoms with Crippen molar-refractivity contribution in [3.05, 3.63) is 16.6 Å². The highest BCUT2D eigenvalue weighted by molar-refractivity contribution is 7.99. The number of carbonyl (C=O) groups is 2. The van der Waals surface area contributed by atoms with Gasteiger partial charge in [0.1, 0.15) is 10.9 Å². The van der Waals surface area contributed by atoms with Gasteiger partial charge in [0.2, 0.25) is 5.91 Å². The monoisotopic (exact) mass is 366 g/mol. The molecule has 130 valence electrons. The molecule has 3 rings (SSSR count). The summed E-state index contributed by atoms with van der Waals surface area (Å²) in [5.74, 6) is 1.03. The van der Waals surface area contributed by atoms with Crippen molar-refractivity contribution in [1.29, 1.82) is 0 Å². The van der Waals surface area contributed by atoms with Gasteiger partial charge >= 0.3 is 0 Å². The average molecular weight is 367 g/mol. The van der Waals surface area contributed by atoms with Crippen LogP contribution >= 0.6 is 23.1 Å². The van der Waals surface area contributed by atoms with Crippen LogP contribution in [0.3, 0.4) is 0 Å². The zero-order valence-electron chi connectivity index (χ0n) is 14.5. The smallest absolute Gasteiger partial charge is 0.265 e. The van der Waals surface area contributed by atoms with Gasteiger partial charge in [0.25, 0.3) is 5.91 Å². The molecule has 1 fully saturated rings. The van der Waals surface area contributed by atoms with Crippen molar-refractivity contribution in [2.75, 3.05) is 11.6 Å². The Bertz CT molecular complexity index is 768. The molecule has 0 saturated carbocycles. The van der Waals surface area contributed by atoms with Gasteiger partial charge in [0.05, 0.1) is 16.4 Å². The quantitative estimate of drug-likeness (QED) is 0.886. The van der Waals surface area contributed by atoms with E-state index in [0.29, 0.717) is 16.5 Å². The molecule has 1 unspecified atom stereocenters. The number of carbonyl (C=O) groups excluding carboxylic acids is 2.